The number of rotatable bonds is 9. The molecule has 0 N–H and O–H groups in total. The summed E-state index contributed by atoms with van der Waals surface area (Å²) in [5.41, 5.74) is -2.77. The number of nitrogens with zero attached hydrogens (tertiary/aromatic N) is 9. The molecule has 6 aliphatic heterocycles. The summed E-state index contributed by atoms with van der Waals surface area (Å²) in [7, 11) is 0. The number of hydrogen-bond acceptors (Lipinski definition) is 9. The Morgan fingerprint density at radius 2 is 0.435 bits per heavy atom. The molecule has 6 atom stereocenters. The van der Waals surface area contributed by atoms with Crippen LogP contribution < -0.4 is 14.7 Å². The van der Waals surface area contributed by atoms with Crippen LogP contribution in [0.1, 0.15) is 36.0 Å². The lowest BCUT2D eigenvalue weighted by Crippen LogP contribution is -2.54. The molecule has 7 heterocycles. The second-order valence-electron chi connectivity index (χ2n) is 19.6. The molecule has 6 bridgehead atoms. The zero-order valence-corrected chi connectivity index (χ0v) is 36.4. The number of piperidine rings is 6. The van der Waals surface area contributed by atoms with Gasteiger partial charge in [0.25, 0.3) is 0 Å². The molecule has 69 heavy (non-hydrogen) atoms. The highest BCUT2D eigenvalue weighted by Crippen LogP contribution is 2.38. The zero-order valence-electron chi connectivity index (χ0n) is 36.4. The molecule has 0 spiro atoms. The number of fused-ring (bicyclic) bond motifs is 6. The van der Waals surface area contributed by atoms with Crippen LogP contribution in [-0.4, -0.2) is 108 Å². The highest BCUT2D eigenvalue weighted by Gasteiger charge is 2.42. The highest BCUT2D eigenvalue weighted by atomic mass is 19.2. The van der Waals surface area contributed by atoms with E-state index in [9.17, 15) is 65.9 Å². The molecule has 1 aromatic heterocycles. The quantitative estimate of drug-likeness (QED) is 0.0950. The van der Waals surface area contributed by atoms with E-state index in [0.29, 0.717) is 76.4 Å². The summed E-state index contributed by atoms with van der Waals surface area (Å²) < 4.78 is 214. The highest BCUT2D eigenvalue weighted by molar-refractivity contribution is 5.48. The Balaban J connectivity index is 0.893. The fourth-order valence-electron chi connectivity index (χ4n) is 11.8. The molecule has 9 nitrogen and oxygen atoms in total. The van der Waals surface area contributed by atoms with Crippen molar-refractivity contribution < 1.29 is 65.9 Å². The normalized spacial score (nSPS) is 25.5. The van der Waals surface area contributed by atoms with Crippen LogP contribution in [0.2, 0.25) is 0 Å². The summed E-state index contributed by atoms with van der Waals surface area (Å²) in [6.07, 6.45) is 2.09. The summed E-state index contributed by atoms with van der Waals surface area (Å²) in [6, 6.07) is 0. The van der Waals surface area contributed by atoms with Crippen molar-refractivity contribution in [3.8, 4) is 0 Å². The van der Waals surface area contributed by atoms with E-state index < -0.39 is 124 Å². The number of hydrogen-bond donors (Lipinski definition) is 0. The summed E-state index contributed by atoms with van der Waals surface area (Å²) >= 11 is 0. The molecule has 0 radical (unpaired) electrons. The third kappa shape index (κ3) is 8.79. The number of benzene rings is 3. The zero-order chi connectivity index (χ0) is 48.9. The van der Waals surface area contributed by atoms with Crippen LogP contribution in [0.3, 0.4) is 0 Å². The SMILES string of the molecule is Fc1c(F)c(F)c(CN2CC3CC(C2)CN(c2nc(N4CC5CC(CN(Cc6c(F)c(F)c(F)c(F)c6F)C5)C4)nc(N4CC5CC(CN(Cc6c(F)c(F)c(F)c(F)c6F)C5)C4)n2)C3)c(F)c1F. The largest absolute Gasteiger partial charge is 0.340 e. The minimum Gasteiger partial charge on any atom is -0.340 e. The van der Waals surface area contributed by atoms with Crippen molar-refractivity contribution in [3.05, 3.63) is 104 Å². The predicted octanol–water partition coefficient (Wildman–Crippen LogP) is 7.83. The lowest BCUT2D eigenvalue weighted by atomic mass is 9.84. The van der Waals surface area contributed by atoms with Crippen molar-refractivity contribution in [2.24, 2.45) is 35.5 Å². The van der Waals surface area contributed by atoms with Crippen molar-refractivity contribution in [1.82, 2.24) is 29.7 Å². The second-order valence-corrected chi connectivity index (χ2v) is 19.6. The van der Waals surface area contributed by atoms with Crippen molar-refractivity contribution in [3.63, 3.8) is 0 Å². The van der Waals surface area contributed by atoms with Gasteiger partial charge in [-0.2, -0.15) is 15.0 Å². The van der Waals surface area contributed by atoms with E-state index in [0.717, 1.165) is 0 Å². The maximum Gasteiger partial charge on any atom is 0.231 e. The van der Waals surface area contributed by atoms with E-state index in [-0.39, 0.29) is 74.8 Å². The maximum absolute atomic E-state index is 14.7. The van der Waals surface area contributed by atoms with E-state index in [2.05, 4.69) is 0 Å². The molecule has 3 aromatic carbocycles. The predicted molar refractivity (Wildman–Crippen MR) is 216 cm³/mol. The van der Waals surface area contributed by atoms with Crippen LogP contribution in [0.15, 0.2) is 0 Å². The number of anilines is 3. The lowest BCUT2D eigenvalue weighted by molar-refractivity contribution is 0.0980. The van der Waals surface area contributed by atoms with Gasteiger partial charge in [-0.25, -0.2) is 65.9 Å². The van der Waals surface area contributed by atoms with Crippen LogP contribution >= 0.6 is 0 Å². The molecular weight excluding hydrogens is 952 g/mol. The van der Waals surface area contributed by atoms with E-state index in [4.69, 9.17) is 15.0 Å². The van der Waals surface area contributed by atoms with Gasteiger partial charge in [0.15, 0.2) is 69.8 Å². The van der Waals surface area contributed by atoms with Crippen LogP contribution in [0, 0.1) is 123 Å². The Labute approximate surface area is 384 Å². The van der Waals surface area contributed by atoms with Gasteiger partial charge in [0.2, 0.25) is 35.3 Å². The van der Waals surface area contributed by atoms with Gasteiger partial charge in [0.1, 0.15) is 0 Å². The molecule has 6 fully saturated rings. The van der Waals surface area contributed by atoms with Gasteiger partial charge in [-0.3, -0.25) is 14.7 Å². The van der Waals surface area contributed by atoms with Gasteiger partial charge in [0, 0.05) is 115 Å². The molecule has 6 aliphatic rings. The van der Waals surface area contributed by atoms with E-state index in [1.807, 2.05) is 14.7 Å². The molecular formula is C45H42F15N9. The van der Waals surface area contributed by atoms with E-state index in [1.54, 1.807) is 14.7 Å². The first-order valence-corrected chi connectivity index (χ1v) is 22.5. The summed E-state index contributed by atoms with van der Waals surface area (Å²) in [4.78, 5) is 25.7. The van der Waals surface area contributed by atoms with Gasteiger partial charge >= 0.3 is 0 Å². The minimum absolute atomic E-state index is 0.140. The monoisotopic (exact) mass is 993 g/mol. The van der Waals surface area contributed by atoms with Gasteiger partial charge in [-0.05, 0) is 54.8 Å². The third-order valence-electron chi connectivity index (χ3n) is 14.5. The molecule has 0 aliphatic carbocycles. The van der Waals surface area contributed by atoms with Gasteiger partial charge in [0.05, 0.1) is 0 Å². The van der Waals surface area contributed by atoms with Crippen molar-refractivity contribution in [1.29, 1.82) is 0 Å². The van der Waals surface area contributed by atoms with Crippen LogP contribution in [0.5, 0.6) is 0 Å². The lowest BCUT2D eigenvalue weighted by Gasteiger charge is -2.48. The maximum atomic E-state index is 14.7. The van der Waals surface area contributed by atoms with E-state index >= 15 is 0 Å². The first-order valence-electron chi connectivity index (χ1n) is 22.5. The fraction of sp³-hybridized carbons (Fsp3) is 0.533. The van der Waals surface area contributed by atoms with Gasteiger partial charge < -0.3 is 14.7 Å². The third-order valence-corrected chi connectivity index (χ3v) is 14.5. The standard InChI is InChI=1S/C45H42F15N9/c46-28-25(29(47)35(53)40(58)34(28)52)16-64-4-19-1-20(5-64)11-67(10-19)43-61-44(68-12-21-2-22(13-68)7-65(6-21)17-26-30(48)36(54)41(59)37(55)31(26)49)63-45(62-43)69-14-23-3-24(15-69)9-66(8-23)18-27-32(50)38(56)42(60)39(57)33(27)51/h19-24H,1-18H2. The number of likely N-dealkylation sites (tertiary alicyclic amines) is 3. The molecule has 0 amide bonds. The molecule has 0 saturated carbocycles. The molecule has 372 valence electrons. The molecule has 10 rings (SSSR count). The Hall–Kier alpha value is -5.10. The van der Waals surface area contributed by atoms with Crippen LogP contribution in [0.25, 0.3) is 0 Å². The molecule has 6 saturated heterocycles. The minimum atomic E-state index is -2.24. The Morgan fingerprint density at radius 1 is 0.261 bits per heavy atom. The van der Waals surface area contributed by atoms with Crippen LogP contribution in [-0.2, 0) is 19.6 Å². The Morgan fingerprint density at radius 3 is 0.623 bits per heavy atom. The summed E-state index contributed by atoms with van der Waals surface area (Å²) in [5.74, 6) is -30.1. The Bertz CT molecular complexity index is 2270. The molecule has 24 heteroatoms. The summed E-state index contributed by atoms with van der Waals surface area (Å²) in [6.45, 7) is 2.11. The average molecular weight is 994 g/mol. The number of halogens is 15. The molecule has 4 aromatic rings. The van der Waals surface area contributed by atoms with Crippen molar-refractivity contribution in [2.45, 2.75) is 38.9 Å². The first-order chi connectivity index (χ1) is 32.8. The number of aromatic nitrogens is 3. The average Bonchev–Trinajstić information content (AvgIpc) is 3.33. The van der Waals surface area contributed by atoms with E-state index in [1.165, 1.54) is 0 Å². The van der Waals surface area contributed by atoms with Crippen LogP contribution in [0.4, 0.5) is 83.7 Å². The molecule has 6 unspecified atom stereocenters. The smallest absolute Gasteiger partial charge is 0.231 e. The summed E-state index contributed by atoms with van der Waals surface area (Å²) in [5, 5.41) is 0. The second kappa shape index (κ2) is 18.3. The van der Waals surface area contributed by atoms with Crippen molar-refractivity contribution >= 4 is 17.8 Å². The topological polar surface area (TPSA) is 58.1 Å². The van der Waals surface area contributed by atoms with Gasteiger partial charge in [-0.1, -0.05) is 0 Å². The van der Waals surface area contributed by atoms with Gasteiger partial charge in [-0.15, -0.1) is 0 Å². The first kappa shape index (κ1) is 47.6. The Kier molecular flexibility index (Phi) is 12.6. The van der Waals surface area contributed by atoms with Crippen molar-refractivity contribution in [2.75, 3.05) is 93.2 Å². The fourth-order valence-corrected chi connectivity index (χ4v) is 11.8.